The van der Waals surface area contributed by atoms with Gasteiger partial charge in [0.05, 0.1) is 12.5 Å². The molecule has 2 aromatic rings. The third-order valence-electron chi connectivity index (χ3n) is 5.30. The van der Waals surface area contributed by atoms with Crippen LogP contribution in [0.2, 0.25) is 0 Å². The number of nitrogens with zero attached hydrogens (tertiary/aromatic N) is 4. The SMILES string of the molecule is Cc1cc(N2CCCC2)nc(CNC(=O)C2CC(=O)N(c3ccccc3)C2)n1. The number of rotatable bonds is 5. The molecule has 2 fully saturated rings. The van der Waals surface area contributed by atoms with E-state index >= 15 is 0 Å². The van der Waals surface area contributed by atoms with Crippen molar-refractivity contribution in [3.8, 4) is 0 Å². The van der Waals surface area contributed by atoms with Crippen molar-refractivity contribution in [3.05, 3.63) is 47.9 Å². The van der Waals surface area contributed by atoms with Gasteiger partial charge in [0, 0.05) is 43.5 Å². The van der Waals surface area contributed by atoms with Gasteiger partial charge in [0.2, 0.25) is 11.8 Å². The molecule has 0 saturated carbocycles. The average Bonchev–Trinajstić information content (AvgIpc) is 3.36. The van der Waals surface area contributed by atoms with Crippen molar-refractivity contribution < 1.29 is 9.59 Å². The summed E-state index contributed by atoms with van der Waals surface area (Å²) in [6.45, 7) is 4.66. The van der Waals surface area contributed by atoms with Gasteiger partial charge in [0.15, 0.2) is 0 Å². The summed E-state index contributed by atoms with van der Waals surface area (Å²) < 4.78 is 0. The van der Waals surface area contributed by atoms with Crippen molar-refractivity contribution in [2.45, 2.75) is 32.7 Å². The molecule has 4 rings (SSSR count). The smallest absolute Gasteiger partial charge is 0.227 e. The lowest BCUT2D eigenvalue weighted by atomic mass is 10.1. The molecule has 2 aliphatic heterocycles. The lowest BCUT2D eigenvalue weighted by Gasteiger charge is -2.18. The summed E-state index contributed by atoms with van der Waals surface area (Å²) in [4.78, 5) is 37.9. The Balaban J connectivity index is 1.38. The molecule has 0 aliphatic carbocycles. The number of hydrogen-bond donors (Lipinski definition) is 1. The first-order chi connectivity index (χ1) is 13.6. The zero-order valence-corrected chi connectivity index (χ0v) is 16.1. The summed E-state index contributed by atoms with van der Waals surface area (Å²) in [6.07, 6.45) is 2.60. The minimum atomic E-state index is -0.351. The minimum absolute atomic E-state index is 0.0190. The molecule has 0 spiro atoms. The van der Waals surface area contributed by atoms with Crippen LogP contribution in [0.3, 0.4) is 0 Å². The van der Waals surface area contributed by atoms with Crippen LogP contribution in [0.5, 0.6) is 0 Å². The Hall–Kier alpha value is -2.96. The highest BCUT2D eigenvalue weighted by atomic mass is 16.2. The molecule has 3 heterocycles. The first kappa shape index (κ1) is 18.4. The second-order valence-electron chi connectivity index (χ2n) is 7.44. The molecule has 2 saturated heterocycles. The van der Waals surface area contributed by atoms with Crippen LogP contribution in [0.25, 0.3) is 0 Å². The van der Waals surface area contributed by atoms with E-state index in [1.54, 1.807) is 4.90 Å². The van der Waals surface area contributed by atoms with Crippen molar-refractivity contribution in [2.75, 3.05) is 29.4 Å². The third-order valence-corrected chi connectivity index (χ3v) is 5.30. The summed E-state index contributed by atoms with van der Waals surface area (Å²) in [6, 6.07) is 11.5. The fourth-order valence-electron chi connectivity index (χ4n) is 3.85. The van der Waals surface area contributed by atoms with Gasteiger partial charge in [-0.2, -0.15) is 0 Å². The van der Waals surface area contributed by atoms with Gasteiger partial charge in [-0.05, 0) is 31.9 Å². The number of amides is 2. The first-order valence-electron chi connectivity index (χ1n) is 9.83. The summed E-state index contributed by atoms with van der Waals surface area (Å²) in [5.41, 5.74) is 1.73. The van der Waals surface area contributed by atoms with E-state index < -0.39 is 0 Å². The van der Waals surface area contributed by atoms with E-state index in [4.69, 9.17) is 0 Å². The molecule has 2 amide bonds. The lowest BCUT2D eigenvalue weighted by Crippen LogP contribution is -2.33. The zero-order valence-electron chi connectivity index (χ0n) is 16.1. The number of carbonyl (C=O) groups is 2. The van der Waals surface area contributed by atoms with Crippen LogP contribution < -0.4 is 15.1 Å². The van der Waals surface area contributed by atoms with Crippen LogP contribution in [0.4, 0.5) is 11.5 Å². The third kappa shape index (κ3) is 3.98. The number of carbonyl (C=O) groups excluding carboxylic acids is 2. The first-order valence-corrected chi connectivity index (χ1v) is 9.83. The molecule has 1 N–H and O–H groups in total. The van der Waals surface area contributed by atoms with Crippen LogP contribution >= 0.6 is 0 Å². The molecule has 1 aromatic heterocycles. The topological polar surface area (TPSA) is 78.4 Å². The van der Waals surface area contributed by atoms with E-state index in [9.17, 15) is 9.59 Å². The molecular weight excluding hydrogens is 354 g/mol. The number of aryl methyl sites for hydroxylation is 1. The van der Waals surface area contributed by atoms with Crippen LogP contribution in [0.1, 0.15) is 30.8 Å². The monoisotopic (exact) mass is 379 g/mol. The maximum absolute atomic E-state index is 12.6. The normalized spacial score (nSPS) is 19.3. The maximum atomic E-state index is 12.6. The largest absolute Gasteiger partial charge is 0.357 e. The summed E-state index contributed by atoms with van der Waals surface area (Å²) in [5.74, 6) is 1.05. The fourth-order valence-corrected chi connectivity index (χ4v) is 3.85. The van der Waals surface area contributed by atoms with E-state index in [0.29, 0.717) is 12.4 Å². The van der Waals surface area contributed by atoms with Crippen molar-refractivity contribution in [3.63, 3.8) is 0 Å². The molecule has 146 valence electrons. The highest BCUT2D eigenvalue weighted by Crippen LogP contribution is 2.25. The number of para-hydroxylation sites is 1. The van der Waals surface area contributed by atoms with Gasteiger partial charge < -0.3 is 15.1 Å². The molecule has 1 aromatic carbocycles. The Morgan fingerprint density at radius 2 is 1.93 bits per heavy atom. The van der Waals surface area contributed by atoms with Gasteiger partial charge in [-0.3, -0.25) is 9.59 Å². The number of hydrogen-bond acceptors (Lipinski definition) is 5. The highest BCUT2D eigenvalue weighted by Gasteiger charge is 2.35. The zero-order chi connectivity index (χ0) is 19.5. The van der Waals surface area contributed by atoms with Gasteiger partial charge in [-0.1, -0.05) is 18.2 Å². The molecule has 1 unspecified atom stereocenters. The summed E-state index contributed by atoms with van der Waals surface area (Å²) >= 11 is 0. The molecular formula is C21H25N5O2. The van der Waals surface area contributed by atoms with E-state index in [-0.39, 0.29) is 30.7 Å². The van der Waals surface area contributed by atoms with E-state index in [2.05, 4.69) is 20.2 Å². The van der Waals surface area contributed by atoms with Crippen LogP contribution in [-0.2, 0) is 16.1 Å². The standard InChI is InChI=1S/C21H25N5O2/c1-15-11-19(25-9-5-6-10-25)24-18(23-15)13-22-21(28)16-12-20(27)26(14-16)17-7-3-2-4-8-17/h2-4,7-8,11,16H,5-6,9-10,12-14H2,1H3,(H,22,28). The maximum Gasteiger partial charge on any atom is 0.227 e. The number of aromatic nitrogens is 2. The van der Waals surface area contributed by atoms with Crippen LogP contribution in [0.15, 0.2) is 36.4 Å². The molecule has 28 heavy (non-hydrogen) atoms. The number of benzene rings is 1. The second kappa shape index (κ2) is 7.96. The molecule has 7 nitrogen and oxygen atoms in total. The molecule has 2 aliphatic rings. The van der Waals surface area contributed by atoms with E-state index in [1.165, 1.54) is 12.8 Å². The predicted octanol–water partition coefficient (Wildman–Crippen LogP) is 2.05. The fraction of sp³-hybridized carbons (Fsp3) is 0.429. The van der Waals surface area contributed by atoms with Crippen LogP contribution in [-0.4, -0.2) is 41.4 Å². The van der Waals surface area contributed by atoms with Gasteiger partial charge in [-0.25, -0.2) is 9.97 Å². The van der Waals surface area contributed by atoms with Crippen molar-refractivity contribution in [2.24, 2.45) is 5.92 Å². The van der Waals surface area contributed by atoms with Gasteiger partial charge >= 0.3 is 0 Å². The Labute approximate surface area is 164 Å². The molecule has 7 heteroatoms. The van der Waals surface area contributed by atoms with Crippen LogP contribution in [0, 0.1) is 12.8 Å². The van der Waals surface area contributed by atoms with E-state index in [0.717, 1.165) is 30.3 Å². The van der Waals surface area contributed by atoms with E-state index in [1.807, 2.05) is 43.3 Å². The number of anilines is 2. The Morgan fingerprint density at radius 1 is 1.18 bits per heavy atom. The lowest BCUT2D eigenvalue weighted by molar-refractivity contribution is -0.126. The summed E-state index contributed by atoms with van der Waals surface area (Å²) in [5, 5.41) is 2.92. The quantitative estimate of drug-likeness (QED) is 0.860. The summed E-state index contributed by atoms with van der Waals surface area (Å²) in [7, 11) is 0. The second-order valence-corrected chi connectivity index (χ2v) is 7.44. The van der Waals surface area contributed by atoms with Gasteiger partial charge in [0.1, 0.15) is 11.6 Å². The molecule has 1 atom stereocenters. The highest BCUT2D eigenvalue weighted by molar-refractivity contribution is 6.00. The Kier molecular flexibility index (Phi) is 5.23. The Morgan fingerprint density at radius 3 is 2.68 bits per heavy atom. The van der Waals surface area contributed by atoms with Gasteiger partial charge in [-0.15, -0.1) is 0 Å². The van der Waals surface area contributed by atoms with Crippen molar-refractivity contribution in [1.29, 1.82) is 0 Å². The molecule has 0 radical (unpaired) electrons. The Bertz CT molecular complexity index is 864. The minimum Gasteiger partial charge on any atom is -0.357 e. The van der Waals surface area contributed by atoms with Crippen molar-refractivity contribution >= 4 is 23.3 Å². The van der Waals surface area contributed by atoms with Crippen molar-refractivity contribution in [1.82, 2.24) is 15.3 Å². The molecule has 0 bridgehead atoms. The predicted molar refractivity (Wildman–Crippen MR) is 107 cm³/mol. The number of nitrogens with one attached hydrogen (secondary N) is 1. The average molecular weight is 379 g/mol. The van der Waals surface area contributed by atoms with Gasteiger partial charge in [0.25, 0.3) is 0 Å².